The minimum Gasteiger partial charge on any atom is -0.480 e. The SMILES string of the molecule is CCCC(C)(NC(=O)Nc1ccc(C)c(C)c1)C(=O)O. The van der Waals surface area contributed by atoms with Gasteiger partial charge < -0.3 is 15.7 Å². The molecular formula is C15H22N2O3. The smallest absolute Gasteiger partial charge is 0.329 e. The lowest BCUT2D eigenvalue weighted by Gasteiger charge is -2.25. The van der Waals surface area contributed by atoms with E-state index in [0.717, 1.165) is 11.1 Å². The Labute approximate surface area is 119 Å². The molecule has 0 aliphatic carbocycles. The number of aliphatic carboxylic acids is 1. The highest BCUT2D eigenvalue weighted by atomic mass is 16.4. The van der Waals surface area contributed by atoms with Gasteiger partial charge in [0, 0.05) is 5.69 Å². The van der Waals surface area contributed by atoms with Crippen molar-refractivity contribution in [2.75, 3.05) is 5.32 Å². The monoisotopic (exact) mass is 278 g/mol. The second kappa shape index (κ2) is 6.41. The minimum absolute atomic E-state index is 0.378. The topological polar surface area (TPSA) is 78.4 Å². The van der Waals surface area contributed by atoms with Crippen LogP contribution in [0.3, 0.4) is 0 Å². The molecule has 2 amide bonds. The van der Waals surface area contributed by atoms with Crippen molar-refractivity contribution in [3.8, 4) is 0 Å². The molecule has 0 fully saturated rings. The van der Waals surface area contributed by atoms with Crippen LogP contribution in [0.25, 0.3) is 0 Å². The van der Waals surface area contributed by atoms with Gasteiger partial charge in [0.2, 0.25) is 0 Å². The van der Waals surface area contributed by atoms with Crippen molar-refractivity contribution in [3.63, 3.8) is 0 Å². The molecule has 1 aromatic rings. The summed E-state index contributed by atoms with van der Waals surface area (Å²) in [5.74, 6) is -1.03. The molecule has 0 saturated heterocycles. The van der Waals surface area contributed by atoms with Gasteiger partial charge in [0.1, 0.15) is 5.54 Å². The van der Waals surface area contributed by atoms with Gasteiger partial charge in [-0.05, 0) is 50.5 Å². The van der Waals surface area contributed by atoms with Crippen LogP contribution in [0.5, 0.6) is 0 Å². The normalized spacial score (nSPS) is 13.4. The Bertz CT molecular complexity index is 514. The van der Waals surface area contributed by atoms with E-state index in [4.69, 9.17) is 0 Å². The summed E-state index contributed by atoms with van der Waals surface area (Å²) >= 11 is 0. The van der Waals surface area contributed by atoms with Crippen molar-refractivity contribution in [3.05, 3.63) is 29.3 Å². The average molecular weight is 278 g/mol. The van der Waals surface area contributed by atoms with E-state index in [2.05, 4.69) is 10.6 Å². The predicted octanol–water partition coefficient (Wildman–Crippen LogP) is 3.07. The molecule has 0 aromatic heterocycles. The predicted molar refractivity (Wildman–Crippen MR) is 79.0 cm³/mol. The number of carbonyl (C=O) groups is 2. The molecule has 0 heterocycles. The van der Waals surface area contributed by atoms with Crippen LogP contribution in [-0.2, 0) is 4.79 Å². The van der Waals surface area contributed by atoms with E-state index in [0.29, 0.717) is 18.5 Å². The summed E-state index contributed by atoms with van der Waals surface area (Å²) in [7, 11) is 0. The van der Waals surface area contributed by atoms with Crippen LogP contribution in [0.2, 0.25) is 0 Å². The van der Waals surface area contributed by atoms with Crippen LogP contribution in [0.1, 0.15) is 37.8 Å². The van der Waals surface area contributed by atoms with Gasteiger partial charge in [0.15, 0.2) is 0 Å². The third-order valence-electron chi connectivity index (χ3n) is 3.38. The van der Waals surface area contributed by atoms with Gasteiger partial charge in [0.05, 0.1) is 0 Å². The summed E-state index contributed by atoms with van der Waals surface area (Å²) in [4.78, 5) is 23.2. The fraction of sp³-hybridized carbons (Fsp3) is 0.467. The van der Waals surface area contributed by atoms with E-state index in [1.54, 1.807) is 6.07 Å². The molecule has 3 N–H and O–H groups in total. The quantitative estimate of drug-likeness (QED) is 0.774. The number of anilines is 1. The third kappa shape index (κ3) is 3.98. The molecule has 20 heavy (non-hydrogen) atoms. The number of nitrogens with one attached hydrogen (secondary N) is 2. The summed E-state index contributed by atoms with van der Waals surface area (Å²) < 4.78 is 0. The highest BCUT2D eigenvalue weighted by molar-refractivity contribution is 5.93. The number of carbonyl (C=O) groups excluding carboxylic acids is 1. The summed E-state index contributed by atoms with van der Waals surface area (Å²) in [6.45, 7) is 7.34. The lowest BCUT2D eigenvalue weighted by molar-refractivity contribution is -0.143. The highest BCUT2D eigenvalue weighted by Gasteiger charge is 2.33. The molecule has 0 aliphatic heterocycles. The summed E-state index contributed by atoms with van der Waals surface area (Å²) in [6.07, 6.45) is 1.05. The molecule has 0 spiro atoms. The number of carboxylic acids is 1. The summed E-state index contributed by atoms with van der Waals surface area (Å²) in [6, 6.07) is 5.05. The second-order valence-corrected chi connectivity index (χ2v) is 5.27. The fourth-order valence-corrected chi connectivity index (χ4v) is 1.95. The molecule has 1 aromatic carbocycles. The van der Waals surface area contributed by atoms with E-state index in [1.807, 2.05) is 32.9 Å². The molecule has 5 heteroatoms. The van der Waals surface area contributed by atoms with Gasteiger partial charge in [0.25, 0.3) is 0 Å². The number of aryl methyl sites for hydroxylation is 2. The number of benzene rings is 1. The Kier molecular flexibility index (Phi) is 5.13. The first-order valence-electron chi connectivity index (χ1n) is 6.68. The lowest BCUT2D eigenvalue weighted by atomic mass is 9.97. The first kappa shape index (κ1) is 16.0. The first-order chi connectivity index (χ1) is 9.28. The Morgan fingerprint density at radius 3 is 2.40 bits per heavy atom. The van der Waals surface area contributed by atoms with Gasteiger partial charge >= 0.3 is 12.0 Å². The Morgan fingerprint density at radius 2 is 1.90 bits per heavy atom. The Hall–Kier alpha value is -2.04. The zero-order valence-electron chi connectivity index (χ0n) is 12.4. The van der Waals surface area contributed by atoms with Crippen LogP contribution in [0.15, 0.2) is 18.2 Å². The van der Waals surface area contributed by atoms with E-state index in [-0.39, 0.29) is 0 Å². The zero-order valence-corrected chi connectivity index (χ0v) is 12.4. The van der Waals surface area contributed by atoms with Gasteiger partial charge in [-0.3, -0.25) is 0 Å². The second-order valence-electron chi connectivity index (χ2n) is 5.27. The van der Waals surface area contributed by atoms with E-state index in [1.165, 1.54) is 6.92 Å². The third-order valence-corrected chi connectivity index (χ3v) is 3.38. The molecule has 5 nitrogen and oxygen atoms in total. The highest BCUT2D eigenvalue weighted by Crippen LogP contribution is 2.16. The molecule has 0 aliphatic rings. The molecule has 1 atom stereocenters. The van der Waals surface area contributed by atoms with Crippen molar-refractivity contribution in [1.82, 2.24) is 5.32 Å². The number of rotatable bonds is 5. The number of carboxylic acid groups (broad SMARTS) is 1. The largest absolute Gasteiger partial charge is 0.480 e. The van der Waals surface area contributed by atoms with Crippen LogP contribution >= 0.6 is 0 Å². The van der Waals surface area contributed by atoms with Gasteiger partial charge in [-0.1, -0.05) is 19.4 Å². The van der Waals surface area contributed by atoms with Crippen molar-refractivity contribution < 1.29 is 14.7 Å². The van der Waals surface area contributed by atoms with E-state index in [9.17, 15) is 14.7 Å². The maximum absolute atomic E-state index is 11.9. The van der Waals surface area contributed by atoms with E-state index >= 15 is 0 Å². The molecule has 0 saturated carbocycles. The molecule has 110 valence electrons. The van der Waals surface area contributed by atoms with Crippen molar-refractivity contribution in [2.24, 2.45) is 0 Å². The van der Waals surface area contributed by atoms with Crippen LogP contribution in [0.4, 0.5) is 10.5 Å². The van der Waals surface area contributed by atoms with Crippen molar-refractivity contribution in [1.29, 1.82) is 0 Å². The van der Waals surface area contributed by atoms with Crippen molar-refractivity contribution in [2.45, 2.75) is 46.1 Å². The standard InChI is InChI=1S/C15H22N2O3/c1-5-8-15(4,13(18)19)17-14(20)16-12-7-6-10(2)11(3)9-12/h6-7,9H,5,8H2,1-4H3,(H,18,19)(H2,16,17,20). The zero-order chi connectivity index (χ0) is 15.3. The lowest BCUT2D eigenvalue weighted by Crippen LogP contribution is -2.53. The minimum atomic E-state index is -1.25. The number of amides is 2. The fourth-order valence-electron chi connectivity index (χ4n) is 1.95. The van der Waals surface area contributed by atoms with Gasteiger partial charge in [-0.15, -0.1) is 0 Å². The maximum Gasteiger partial charge on any atom is 0.329 e. The molecule has 1 rings (SSSR count). The van der Waals surface area contributed by atoms with Crippen LogP contribution < -0.4 is 10.6 Å². The number of urea groups is 1. The number of hydrogen-bond donors (Lipinski definition) is 3. The summed E-state index contributed by atoms with van der Waals surface area (Å²) in [5, 5.41) is 14.4. The van der Waals surface area contributed by atoms with Gasteiger partial charge in [-0.2, -0.15) is 0 Å². The Morgan fingerprint density at radius 1 is 1.25 bits per heavy atom. The average Bonchev–Trinajstić information content (AvgIpc) is 2.33. The number of hydrogen-bond acceptors (Lipinski definition) is 2. The molecule has 0 radical (unpaired) electrons. The molecule has 1 unspecified atom stereocenters. The molecular weight excluding hydrogens is 256 g/mol. The van der Waals surface area contributed by atoms with Crippen LogP contribution in [0, 0.1) is 13.8 Å². The van der Waals surface area contributed by atoms with Crippen LogP contribution in [-0.4, -0.2) is 22.6 Å². The summed E-state index contributed by atoms with van der Waals surface area (Å²) in [5.41, 5.74) is 1.60. The van der Waals surface area contributed by atoms with Crippen molar-refractivity contribution >= 4 is 17.7 Å². The van der Waals surface area contributed by atoms with E-state index < -0.39 is 17.5 Å². The Balaban J connectivity index is 2.75. The van der Waals surface area contributed by atoms with Gasteiger partial charge in [-0.25, -0.2) is 9.59 Å². The first-order valence-corrected chi connectivity index (χ1v) is 6.68. The molecule has 0 bridgehead atoms. The maximum atomic E-state index is 11.9.